The number of benzene rings is 3. The van der Waals surface area contributed by atoms with Crippen LogP contribution in [0.15, 0.2) is 60.7 Å². The Labute approximate surface area is 180 Å². The summed E-state index contributed by atoms with van der Waals surface area (Å²) in [5.41, 5.74) is 2.94. The lowest BCUT2D eigenvalue weighted by molar-refractivity contribution is -0.0321. The molecular formula is C25H25NO5. The second-order valence-corrected chi connectivity index (χ2v) is 7.68. The third-order valence-electron chi connectivity index (χ3n) is 5.69. The molecule has 4 rings (SSSR count). The van der Waals surface area contributed by atoms with E-state index in [1.54, 1.807) is 30.0 Å². The number of hydrogen-bond donors (Lipinski definition) is 2. The van der Waals surface area contributed by atoms with Crippen LogP contribution in [0.1, 0.15) is 34.1 Å². The Morgan fingerprint density at radius 2 is 1.68 bits per heavy atom. The van der Waals surface area contributed by atoms with Crippen molar-refractivity contribution < 1.29 is 24.5 Å². The molecule has 0 radical (unpaired) electrons. The van der Waals surface area contributed by atoms with Gasteiger partial charge in [-0.3, -0.25) is 4.79 Å². The Morgan fingerprint density at radius 3 is 2.39 bits per heavy atom. The van der Waals surface area contributed by atoms with Crippen molar-refractivity contribution in [3.63, 3.8) is 0 Å². The summed E-state index contributed by atoms with van der Waals surface area (Å²) in [4.78, 5) is 26.7. The van der Waals surface area contributed by atoms with Crippen molar-refractivity contribution in [3.8, 4) is 11.1 Å². The van der Waals surface area contributed by atoms with E-state index in [-0.39, 0.29) is 18.4 Å². The molecule has 2 atom stereocenters. The van der Waals surface area contributed by atoms with Crippen LogP contribution in [0.5, 0.6) is 0 Å². The maximum absolute atomic E-state index is 13.2. The van der Waals surface area contributed by atoms with Crippen molar-refractivity contribution in [3.05, 3.63) is 71.8 Å². The average molecular weight is 419 g/mol. The summed E-state index contributed by atoms with van der Waals surface area (Å²) < 4.78 is 5.04. The van der Waals surface area contributed by atoms with E-state index >= 15 is 0 Å². The molecule has 160 valence electrons. The number of fused-ring (bicyclic) bond motifs is 1. The molecule has 1 aliphatic heterocycles. The van der Waals surface area contributed by atoms with Crippen LogP contribution in [-0.2, 0) is 4.74 Å². The van der Waals surface area contributed by atoms with Crippen LogP contribution in [0.25, 0.3) is 21.9 Å². The van der Waals surface area contributed by atoms with Crippen molar-refractivity contribution in [1.29, 1.82) is 0 Å². The fourth-order valence-corrected chi connectivity index (χ4v) is 4.02. The van der Waals surface area contributed by atoms with Gasteiger partial charge in [0.05, 0.1) is 24.4 Å². The highest BCUT2D eigenvalue weighted by Gasteiger charge is 2.29. The van der Waals surface area contributed by atoms with Gasteiger partial charge in [-0.2, -0.15) is 0 Å². The zero-order valence-electron chi connectivity index (χ0n) is 17.3. The van der Waals surface area contributed by atoms with Gasteiger partial charge in [0, 0.05) is 18.7 Å². The maximum Gasteiger partial charge on any atom is 0.338 e. The zero-order valence-corrected chi connectivity index (χ0v) is 17.3. The third-order valence-corrected chi connectivity index (χ3v) is 5.69. The van der Waals surface area contributed by atoms with E-state index in [0.717, 1.165) is 21.9 Å². The van der Waals surface area contributed by atoms with Gasteiger partial charge in [0.2, 0.25) is 0 Å². The highest BCUT2D eigenvalue weighted by Crippen LogP contribution is 2.31. The highest BCUT2D eigenvalue weighted by atomic mass is 16.5. The first-order chi connectivity index (χ1) is 15.0. The molecule has 0 spiro atoms. The highest BCUT2D eigenvalue weighted by molar-refractivity contribution is 6.10. The first-order valence-corrected chi connectivity index (χ1v) is 10.4. The summed E-state index contributed by atoms with van der Waals surface area (Å²) in [5, 5.41) is 21.5. The molecule has 6 heteroatoms. The lowest BCUT2D eigenvalue weighted by Gasteiger charge is -2.33. The fraction of sp³-hybridized carbons (Fsp3) is 0.280. The van der Waals surface area contributed by atoms with Gasteiger partial charge in [0.25, 0.3) is 5.91 Å². The molecule has 0 bridgehead atoms. The summed E-state index contributed by atoms with van der Waals surface area (Å²) in [7, 11) is 0. The van der Waals surface area contributed by atoms with Crippen molar-refractivity contribution in [2.45, 2.75) is 25.6 Å². The van der Waals surface area contributed by atoms with Gasteiger partial charge in [-0.05, 0) is 53.4 Å². The smallest absolute Gasteiger partial charge is 0.338 e. The molecular weight excluding hydrogens is 394 g/mol. The molecule has 2 N–H and O–H groups in total. The minimum absolute atomic E-state index is 0.116. The normalized spacial score (nSPS) is 18.7. The molecule has 1 saturated heterocycles. The topological polar surface area (TPSA) is 87.1 Å². The molecule has 0 unspecified atom stereocenters. The number of ether oxygens (including phenoxy) is 1. The summed E-state index contributed by atoms with van der Waals surface area (Å²) in [6.07, 6.45) is -1.36. The van der Waals surface area contributed by atoms with E-state index in [2.05, 4.69) is 0 Å². The van der Waals surface area contributed by atoms with Crippen LogP contribution in [0.4, 0.5) is 0 Å². The van der Waals surface area contributed by atoms with Crippen molar-refractivity contribution >= 4 is 22.6 Å². The summed E-state index contributed by atoms with van der Waals surface area (Å²) in [6.45, 7) is 2.62. The molecule has 0 aliphatic carbocycles. The van der Waals surface area contributed by atoms with Crippen LogP contribution in [0.3, 0.4) is 0 Å². The molecule has 1 heterocycles. The van der Waals surface area contributed by atoms with Crippen LogP contribution < -0.4 is 0 Å². The Morgan fingerprint density at radius 1 is 0.968 bits per heavy atom. The average Bonchev–Trinajstić information content (AvgIpc) is 2.80. The molecule has 0 aromatic heterocycles. The lowest BCUT2D eigenvalue weighted by atomic mass is 9.94. The molecule has 1 fully saturated rings. The van der Waals surface area contributed by atoms with Crippen molar-refractivity contribution in [2.24, 2.45) is 0 Å². The maximum atomic E-state index is 13.2. The minimum Gasteiger partial charge on any atom is -0.462 e. The Kier molecular flexibility index (Phi) is 6.02. The number of esters is 1. The zero-order chi connectivity index (χ0) is 22.0. The van der Waals surface area contributed by atoms with Crippen LogP contribution in [-0.4, -0.2) is 58.9 Å². The standard InChI is InChI=1S/C25H25NO5/c1-2-31-25(30)17-11-9-16(10-12-17)18-5-3-7-20-19(18)6-4-8-21(20)24(29)26-14-13-22(27)23(28)15-26/h3-12,22-23,27-28H,2,13-15H2,1H3/t22-,23+/m0/s1. The van der Waals surface area contributed by atoms with Crippen LogP contribution in [0.2, 0.25) is 0 Å². The van der Waals surface area contributed by atoms with Gasteiger partial charge in [-0.1, -0.05) is 42.5 Å². The van der Waals surface area contributed by atoms with Gasteiger partial charge >= 0.3 is 5.97 Å². The predicted molar refractivity (Wildman–Crippen MR) is 118 cm³/mol. The number of piperidine rings is 1. The van der Waals surface area contributed by atoms with E-state index in [1.165, 1.54) is 0 Å². The minimum atomic E-state index is -0.929. The number of β-amino-alcohol motifs (C(OH)–C–C–N with tert-alkyl or cyclic N) is 1. The van der Waals surface area contributed by atoms with Crippen LogP contribution in [0, 0.1) is 0 Å². The lowest BCUT2D eigenvalue weighted by Crippen LogP contribution is -2.49. The number of nitrogens with zero attached hydrogens (tertiary/aromatic N) is 1. The van der Waals surface area contributed by atoms with Crippen molar-refractivity contribution in [2.75, 3.05) is 19.7 Å². The Bertz CT molecular complexity index is 1110. The summed E-state index contributed by atoms with van der Waals surface area (Å²) in [6, 6.07) is 18.6. The number of hydrogen-bond acceptors (Lipinski definition) is 5. The predicted octanol–water partition coefficient (Wildman–Crippen LogP) is 3.25. The van der Waals surface area contributed by atoms with E-state index < -0.39 is 12.2 Å². The SMILES string of the molecule is CCOC(=O)c1ccc(-c2cccc3c(C(=O)N4CC[C@H](O)[C@H](O)C4)cccc23)cc1. The fourth-order valence-electron chi connectivity index (χ4n) is 4.02. The van der Waals surface area contributed by atoms with Gasteiger partial charge in [0.15, 0.2) is 0 Å². The van der Waals surface area contributed by atoms with Gasteiger partial charge in [0.1, 0.15) is 0 Å². The van der Waals surface area contributed by atoms with E-state index in [4.69, 9.17) is 4.74 Å². The summed E-state index contributed by atoms with van der Waals surface area (Å²) >= 11 is 0. The number of likely N-dealkylation sites (tertiary alicyclic amines) is 1. The number of carbonyl (C=O) groups excluding carboxylic acids is 2. The second kappa shape index (κ2) is 8.88. The monoisotopic (exact) mass is 419 g/mol. The number of aliphatic hydroxyl groups excluding tert-OH is 2. The van der Waals surface area contributed by atoms with E-state index in [9.17, 15) is 19.8 Å². The summed E-state index contributed by atoms with van der Waals surface area (Å²) in [5.74, 6) is -0.514. The molecule has 3 aromatic rings. The quantitative estimate of drug-likeness (QED) is 0.634. The number of aliphatic hydroxyl groups is 2. The van der Waals surface area contributed by atoms with Gasteiger partial charge in [-0.15, -0.1) is 0 Å². The van der Waals surface area contributed by atoms with Gasteiger partial charge in [-0.25, -0.2) is 4.79 Å². The number of amides is 1. The first kappa shape index (κ1) is 21.0. The largest absolute Gasteiger partial charge is 0.462 e. The van der Waals surface area contributed by atoms with E-state index in [1.807, 2.05) is 42.5 Å². The first-order valence-electron chi connectivity index (χ1n) is 10.4. The number of carbonyl (C=O) groups is 2. The Hall–Kier alpha value is -3.22. The van der Waals surface area contributed by atoms with Gasteiger partial charge < -0.3 is 19.8 Å². The molecule has 1 amide bonds. The van der Waals surface area contributed by atoms with Crippen LogP contribution >= 0.6 is 0 Å². The third kappa shape index (κ3) is 4.17. The molecule has 1 aliphatic rings. The molecule has 31 heavy (non-hydrogen) atoms. The Balaban J connectivity index is 1.69. The number of rotatable bonds is 4. The van der Waals surface area contributed by atoms with Crippen molar-refractivity contribution in [1.82, 2.24) is 4.90 Å². The molecule has 0 saturated carbocycles. The second-order valence-electron chi connectivity index (χ2n) is 7.68. The van der Waals surface area contributed by atoms with E-state index in [0.29, 0.717) is 30.7 Å². The molecule has 6 nitrogen and oxygen atoms in total. The molecule has 3 aromatic carbocycles.